The Kier molecular flexibility index (Phi) is 13.8. The molecule has 2 atom stereocenters. The molecule has 1 aromatic rings. The summed E-state index contributed by atoms with van der Waals surface area (Å²) in [6, 6.07) is -3.33. The zero-order valence-corrected chi connectivity index (χ0v) is 23.7. The highest BCUT2D eigenvalue weighted by Gasteiger charge is 2.52. The van der Waals surface area contributed by atoms with Gasteiger partial charge >= 0.3 is 18.0 Å². The molecule has 1 aliphatic heterocycles. The van der Waals surface area contributed by atoms with Crippen LogP contribution >= 0.6 is 0 Å². The van der Waals surface area contributed by atoms with Gasteiger partial charge in [-0.1, -0.05) is 5.21 Å². The minimum Gasteiger partial charge on any atom is -0.481 e. The number of urea groups is 1. The van der Waals surface area contributed by atoms with E-state index in [9.17, 15) is 48.2 Å². The molecule has 2 rings (SSSR count). The van der Waals surface area contributed by atoms with E-state index in [1.807, 2.05) is 0 Å². The van der Waals surface area contributed by atoms with Crippen LogP contribution in [0, 0.1) is 0 Å². The Morgan fingerprint density at radius 3 is 2.44 bits per heavy atom. The molecule has 0 saturated carbocycles. The van der Waals surface area contributed by atoms with Crippen LogP contribution in [0.15, 0.2) is 6.20 Å². The topological polar surface area (TPSA) is 229 Å². The molecule has 17 heteroatoms. The van der Waals surface area contributed by atoms with Gasteiger partial charge in [0.1, 0.15) is 24.3 Å². The quantitative estimate of drug-likeness (QED) is 0.0821. The number of amides is 5. The standard InChI is InChI=1S/C26H37FN6O10/c27-11-5-6-18-15-31(30-29-18)13-4-1-7-20(36)28-12-3-2-10-26(16-34,17-35)33-22(38)14-21(37)32(25(33)43)19(24(41)42)8-9-23(39)40/h15-16,19,35H,1-14,17H2,(H,28,36)(H,39,40)(H,41,42)/t19-,26?/m0/s1. The summed E-state index contributed by atoms with van der Waals surface area (Å²) in [5.74, 6) is -5.53. The molecule has 1 aromatic heterocycles. The van der Waals surface area contributed by atoms with Crippen molar-refractivity contribution in [1.82, 2.24) is 30.1 Å². The fourth-order valence-electron chi connectivity index (χ4n) is 4.64. The normalized spacial score (nSPS) is 15.7. The lowest BCUT2D eigenvalue weighted by Crippen LogP contribution is -2.68. The monoisotopic (exact) mass is 612 g/mol. The Labute approximate surface area is 246 Å². The zero-order valence-electron chi connectivity index (χ0n) is 23.7. The number of aryl methyl sites for hydroxylation is 2. The fourth-order valence-corrected chi connectivity index (χ4v) is 4.64. The summed E-state index contributed by atoms with van der Waals surface area (Å²) >= 11 is 0. The van der Waals surface area contributed by atoms with Gasteiger partial charge in [0.2, 0.25) is 17.7 Å². The first-order chi connectivity index (χ1) is 20.5. The number of aliphatic hydroxyl groups excluding tert-OH is 1. The predicted octanol–water partition coefficient (Wildman–Crippen LogP) is 0.0659. The van der Waals surface area contributed by atoms with Crippen molar-refractivity contribution in [3.8, 4) is 0 Å². The molecule has 1 fully saturated rings. The highest BCUT2D eigenvalue weighted by molar-refractivity contribution is 6.16. The molecule has 2 heterocycles. The van der Waals surface area contributed by atoms with E-state index in [-0.39, 0.29) is 42.9 Å². The molecule has 1 aliphatic rings. The number of barbiturate groups is 1. The van der Waals surface area contributed by atoms with E-state index >= 15 is 0 Å². The van der Waals surface area contributed by atoms with Crippen LogP contribution in [0.3, 0.4) is 0 Å². The molecule has 1 saturated heterocycles. The predicted molar refractivity (Wildman–Crippen MR) is 143 cm³/mol. The molecular weight excluding hydrogens is 575 g/mol. The van der Waals surface area contributed by atoms with Crippen molar-refractivity contribution in [2.45, 2.75) is 88.8 Å². The van der Waals surface area contributed by atoms with Crippen molar-refractivity contribution in [3.63, 3.8) is 0 Å². The van der Waals surface area contributed by atoms with Crippen LogP contribution in [0.4, 0.5) is 9.18 Å². The second-order valence-electron chi connectivity index (χ2n) is 10.1. The maximum Gasteiger partial charge on any atom is 0.335 e. The van der Waals surface area contributed by atoms with Crippen LogP contribution in [0.5, 0.6) is 0 Å². The lowest BCUT2D eigenvalue weighted by Gasteiger charge is -2.43. The van der Waals surface area contributed by atoms with E-state index in [4.69, 9.17) is 5.11 Å². The van der Waals surface area contributed by atoms with Gasteiger partial charge < -0.3 is 25.4 Å². The van der Waals surface area contributed by atoms with Crippen LogP contribution in [-0.4, -0.2) is 113 Å². The maximum absolute atomic E-state index is 13.2. The summed E-state index contributed by atoms with van der Waals surface area (Å²) in [5, 5.41) is 39.1. The van der Waals surface area contributed by atoms with Gasteiger partial charge in [-0.2, -0.15) is 0 Å². The molecular formula is C26H37FN6O10. The Bertz CT molecular complexity index is 1180. The number of hydrogen-bond acceptors (Lipinski definition) is 10. The average molecular weight is 613 g/mol. The molecule has 0 aliphatic carbocycles. The molecule has 16 nitrogen and oxygen atoms in total. The molecule has 4 N–H and O–H groups in total. The average Bonchev–Trinajstić information content (AvgIpc) is 3.41. The van der Waals surface area contributed by atoms with Crippen LogP contribution in [-0.2, 0) is 41.7 Å². The van der Waals surface area contributed by atoms with E-state index in [2.05, 4.69) is 15.6 Å². The lowest BCUT2D eigenvalue weighted by molar-refractivity contribution is -0.158. The molecule has 238 valence electrons. The van der Waals surface area contributed by atoms with E-state index in [0.29, 0.717) is 49.2 Å². The number of nitrogens with one attached hydrogen (secondary N) is 1. The number of aliphatic hydroxyl groups is 1. The molecule has 0 radical (unpaired) electrons. The van der Waals surface area contributed by atoms with E-state index in [1.165, 1.54) is 0 Å². The third-order valence-corrected chi connectivity index (χ3v) is 6.94. The smallest absolute Gasteiger partial charge is 0.335 e. The molecule has 0 aromatic carbocycles. The van der Waals surface area contributed by atoms with Crippen molar-refractivity contribution in [1.29, 1.82) is 0 Å². The first-order valence-corrected chi connectivity index (χ1v) is 13.9. The minimum atomic E-state index is -2.10. The number of carboxylic acids is 2. The van der Waals surface area contributed by atoms with Crippen molar-refractivity contribution in [3.05, 3.63) is 11.9 Å². The number of alkyl halides is 1. The number of hydrogen-bond donors (Lipinski definition) is 4. The molecule has 5 amide bonds. The van der Waals surface area contributed by atoms with Crippen molar-refractivity contribution in [2.75, 3.05) is 19.8 Å². The van der Waals surface area contributed by atoms with Crippen molar-refractivity contribution in [2.24, 2.45) is 0 Å². The summed E-state index contributed by atoms with van der Waals surface area (Å²) in [6.45, 7) is -0.678. The number of unbranched alkanes of at least 4 members (excludes halogenated alkanes) is 2. The third-order valence-electron chi connectivity index (χ3n) is 6.94. The van der Waals surface area contributed by atoms with Crippen LogP contribution in [0.2, 0.25) is 0 Å². The van der Waals surface area contributed by atoms with Gasteiger partial charge in [0.05, 0.1) is 19.0 Å². The Morgan fingerprint density at radius 1 is 1.07 bits per heavy atom. The summed E-state index contributed by atoms with van der Waals surface area (Å²) in [5.41, 5.74) is -1.39. The van der Waals surface area contributed by atoms with Gasteiger partial charge in [-0.3, -0.25) is 28.3 Å². The number of imide groups is 2. The molecule has 0 bridgehead atoms. The summed E-state index contributed by atoms with van der Waals surface area (Å²) in [4.78, 5) is 85.9. The number of aliphatic carboxylic acids is 2. The Hall–Kier alpha value is -4.28. The van der Waals surface area contributed by atoms with Crippen molar-refractivity contribution >= 4 is 42.0 Å². The number of aldehydes is 1. The number of rotatable bonds is 21. The van der Waals surface area contributed by atoms with E-state index in [1.54, 1.807) is 10.9 Å². The second-order valence-corrected chi connectivity index (χ2v) is 10.1. The number of nitrogens with zero attached hydrogens (tertiary/aromatic N) is 5. The van der Waals surface area contributed by atoms with Gasteiger partial charge in [0.25, 0.3) is 0 Å². The van der Waals surface area contributed by atoms with E-state index in [0.717, 1.165) is 0 Å². The highest BCUT2D eigenvalue weighted by atomic mass is 19.1. The number of halogens is 1. The first-order valence-electron chi connectivity index (χ1n) is 13.9. The van der Waals surface area contributed by atoms with Gasteiger partial charge in [-0.05, 0) is 51.4 Å². The summed E-state index contributed by atoms with van der Waals surface area (Å²) < 4.78 is 13.9. The zero-order chi connectivity index (χ0) is 32.0. The fraction of sp³-hybridized carbons (Fsp3) is 0.654. The van der Waals surface area contributed by atoms with Gasteiger partial charge in [-0.15, -0.1) is 5.10 Å². The lowest BCUT2D eigenvalue weighted by atomic mass is 9.91. The SMILES string of the molecule is O=CC(CO)(CCCCNC(=O)CCCCn1cc(CCCF)nn1)N1C(=O)CC(=O)N([C@@H](CCC(=O)O)C(=O)O)C1=O. The van der Waals surface area contributed by atoms with Crippen LogP contribution in [0.25, 0.3) is 0 Å². The third kappa shape index (κ3) is 9.90. The van der Waals surface area contributed by atoms with E-state index < -0.39 is 73.9 Å². The summed E-state index contributed by atoms with van der Waals surface area (Å²) in [7, 11) is 0. The maximum atomic E-state index is 13.2. The van der Waals surface area contributed by atoms with Crippen LogP contribution in [0.1, 0.15) is 69.9 Å². The second kappa shape index (κ2) is 17.0. The molecule has 1 unspecified atom stereocenters. The summed E-state index contributed by atoms with van der Waals surface area (Å²) in [6.07, 6.45) is 2.25. The minimum absolute atomic E-state index is 0.156. The van der Waals surface area contributed by atoms with Crippen molar-refractivity contribution < 1.29 is 53.3 Å². The molecule has 0 spiro atoms. The van der Waals surface area contributed by atoms with Gasteiger partial charge in [0, 0.05) is 32.1 Å². The van der Waals surface area contributed by atoms with Gasteiger partial charge in [-0.25, -0.2) is 19.4 Å². The first kappa shape index (κ1) is 34.9. The largest absolute Gasteiger partial charge is 0.481 e. The number of carboxylic acid groups (broad SMARTS) is 2. The number of aromatic nitrogens is 3. The Balaban J connectivity index is 1.87. The molecule has 43 heavy (non-hydrogen) atoms. The highest BCUT2D eigenvalue weighted by Crippen LogP contribution is 2.28. The van der Waals surface area contributed by atoms with Gasteiger partial charge in [0.15, 0.2) is 0 Å². The number of carbonyl (C=O) groups is 7. The number of carbonyl (C=O) groups excluding carboxylic acids is 5. The Morgan fingerprint density at radius 2 is 1.81 bits per heavy atom. The van der Waals surface area contributed by atoms with Crippen LogP contribution < -0.4 is 5.32 Å².